The van der Waals surface area contributed by atoms with Crippen LogP contribution in [0.2, 0.25) is 0 Å². The Kier molecular flexibility index (Phi) is 4.82. The van der Waals surface area contributed by atoms with Crippen LogP contribution in [0.5, 0.6) is 5.75 Å². The Balaban J connectivity index is 1.48. The molecule has 0 radical (unpaired) electrons. The van der Waals surface area contributed by atoms with Crippen LogP contribution in [0.3, 0.4) is 0 Å². The molecule has 2 saturated heterocycles. The van der Waals surface area contributed by atoms with Gasteiger partial charge >= 0.3 is 0 Å². The van der Waals surface area contributed by atoms with Crippen molar-refractivity contribution in [3.63, 3.8) is 0 Å². The van der Waals surface area contributed by atoms with Crippen molar-refractivity contribution in [2.24, 2.45) is 5.92 Å². The van der Waals surface area contributed by atoms with Gasteiger partial charge in [-0.3, -0.25) is 9.69 Å². The Morgan fingerprint density at radius 1 is 1.08 bits per heavy atom. The Labute approximate surface area is 156 Å². The molecule has 0 N–H and O–H groups in total. The van der Waals surface area contributed by atoms with Crippen molar-refractivity contribution in [3.05, 3.63) is 65.2 Å². The molecule has 2 bridgehead atoms. The molecule has 2 unspecified atom stereocenters. The third-order valence-corrected chi connectivity index (χ3v) is 6.03. The number of Topliss-reactive ketones (excluding diaryl/α,β-unsaturated/α-hetero) is 1. The summed E-state index contributed by atoms with van der Waals surface area (Å²) < 4.78 is 5.35. The van der Waals surface area contributed by atoms with Gasteiger partial charge in [0.05, 0.1) is 7.11 Å². The van der Waals surface area contributed by atoms with Gasteiger partial charge in [0.25, 0.3) is 0 Å². The largest absolute Gasteiger partial charge is 0.497 e. The first-order valence-corrected chi connectivity index (χ1v) is 9.63. The van der Waals surface area contributed by atoms with Gasteiger partial charge in [0.1, 0.15) is 5.75 Å². The minimum absolute atomic E-state index is 0.144. The van der Waals surface area contributed by atoms with Crippen molar-refractivity contribution in [1.82, 2.24) is 4.90 Å². The van der Waals surface area contributed by atoms with Crippen LogP contribution in [0.4, 0.5) is 0 Å². The summed E-state index contributed by atoms with van der Waals surface area (Å²) in [5.74, 6) is 1.21. The molecular weight excluding hydrogens is 322 g/mol. The van der Waals surface area contributed by atoms with E-state index < -0.39 is 0 Å². The number of hydrogen-bond donors (Lipinski definition) is 0. The van der Waals surface area contributed by atoms with Crippen molar-refractivity contribution in [2.45, 2.75) is 51.2 Å². The van der Waals surface area contributed by atoms with Crippen LogP contribution in [0.25, 0.3) is 0 Å². The van der Waals surface area contributed by atoms with Crippen LogP contribution in [-0.2, 0) is 6.54 Å². The highest BCUT2D eigenvalue weighted by atomic mass is 16.5. The van der Waals surface area contributed by atoms with E-state index in [0.29, 0.717) is 17.9 Å². The zero-order valence-electron chi connectivity index (χ0n) is 15.7. The van der Waals surface area contributed by atoms with E-state index >= 15 is 0 Å². The molecule has 2 aromatic rings. The van der Waals surface area contributed by atoms with Crippen molar-refractivity contribution < 1.29 is 9.53 Å². The SMILES string of the molecule is COc1cc(C)cc(C(=O)C2CC3CCC(C2)N3Cc2ccccc2)c1. The Morgan fingerprint density at radius 3 is 2.42 bits per heavy atom. The van der Waals surface area contributed by atoms with Crippen LogP contribution < -0.4 is 4.74 Å². The highest BCUT2D eigenvalue weighted by molar-refractivity contribution is 5.98. The maximum atomic E-state index is 13.1. The molecule has 2 aromatic carbocycles. The summed E-state index contributed by atoms with van der Waals surface area (Å²) in [4.78, 5) is 15.8. The summed E-state index contributed by atoms with van der Waals surface area (Å²) >= 11 is 0. The van der Waals surface area contributed by atoms with Gasteiger partial charge in [-0.05, 0) is 61.9 Å². The number of aryl methyl sites for hydroxylation is 1. The first-order chi connectivity index (χ1) is 12.6. The normalized spacial score (nSPS) is 25.2. The summed E-state index contributed by atoms with van der Waals surface area (Å²) in [5, 5.41) is 0. The van der Waals surface area contributed by atoms with E-state index in [-0.39, 0.29) is 5.92 Å². The van der Waals surface area contributed by atoms with E-state index in [0.717, 1.165) is 36.3 Å². The van der Waals surface area contributed by atoms with Crippen LogP contribution in [0.1, 0.15) is 47.2 Å². The number of nitrogens with zero attached hydrogens (tertiary/aromatic N) is 1. The fraction of sp³-hybridized carbons (Fsp3) is 0.435. The lowest BCUT2D eigenvalue weighted by atomic mass is 9.84. The first kappa shape index (κ1) is 17.3. The number of methoxy groups -OCH3 is 1. The highest BCUT2D eigenvalue weighted by Crippen LogP contribution is 2.41. The van der Waals surface area contributed by atoms with Crippen molar-refractivity contribution in [3.8, 4) is 5.75 Å². The fourth-order valence-electron chi connectivity index (χ4n) is 4.78. The summed E-state index contributed by atoms with van der Waals surface area (Å²) in [5.41, 5.74) is 3.26. The smallest absolute Gasteiger partial charge is 0.166 e. The lowest BCUT2D eigenvalue weighted by Crippen LogP contribution is -2.44. The van der Waals surface area contributed by atoms with Gasteiger partial charge in [-0.15, -0.1) is 0 Å². The Bertz CT molecular complexity index is 772. The van der Waals surface area contributed by atoms with E-state index in [1.54, 1.807) is 7.11 Å². The number of ether oxygens (including phenoxy) is 1. The number of hydrogen-bond acceptors (Lipinski definition) is 3. The summed E-state index contributed by atoms with van der Waals surface area (Å²) in [7, 11) is 1.66. The molecule has 26 heavy (non-hydrogen) atoms. The van der Waals surface area contributed by atoms with Crippen LogP contribution >= 0.6 is 0 Å². The summed E-state index contributed by atoms with van der Waals surface area (Å²) in [6.45, 7) is 3.03. The number of benzene rings is 2. The first-order valence-electron chi connectivity index (χ1n) is 9.63. The zero-order valence-corrected chi connectivity index (χ0v) is 15.7. The zero-order chi connectivity index (χ0) is 18.1. The van der Waals surface area contributed by atoms with Gasteiger partial charge in [-0.1, -0.05) is 30.3 Å². The van der Waals surface area contributed by atoms with Gasteiger partial charge in [0, 0.05) is 30.1 Å². The third-order valence-electron chi connectivity index (χ3n) is 6.03. The number of carbonyl (C=O) groups excluding carboxylic acids is 1. The van der Waals surface area contributed by atoms with Gasteiger partial charge in [-0.2, -0.15) is 0 Å². The van der Waals surface area contributed by atoms with E-state index in [1.165, 1.54) is 18.4 Å². The molecule has 2 aliphatic heterocycles. The molecule has 136 valence electrons. The number of piperidine rings is 1. The molecule has 2 atom stereocenters. The predicted octanol–water partition coefficient (Wildman–Crippen LogP) is 4.63. The van der Waals surface area contributed by atoms with Crippen molar-refractivity contribution in [2.75, 3.05) is 7.11 Å². The van der Waals surface area contributed by atoms with Gasteiger partial charge in [0.2, 0.25) is 0 Å². The molecule has 0 aliphatic carbocycles. The van der Waals surface area contributed by atoms with Gasteiger partial charge < -0.3 is 4.74 Å². The second-order valence-electron chi connectivity index (χ2n) is 7.81. The number of fused-ring (bicyclic) bond motifs is 2. The average Bonchev–Trinajstić information content (AvgIpc) is 2.89. The lowest BCUT2D eigenvalue weighted by molar-refractivity contribution is 0.0678. The maximum Gasteiger partial charge on any atom is 0.166 e. The maximum absolute atomic E-state index is 13.1. The van der Waals surface area contributed by atoms with Crippen molar-refractivity contribution in [1.29, 1.82) is 0 Å². The topological polar surface area (TPSA) is 29.5 Å². The van der Waals surface area contributed by atoms with Crippen LogP contribution in [0.15, 0.2) is 48.5 Å². The van der Waals surface area contributed by atoms with E-state index in [9.17, 15) is 4.79 Å². The highest BCUT2D eigenvalue weighted by Gasteiger charge is 2.42. The molecule has 2 aliphatic rings. The molecule has 0 aromatic heterocycles. The molecule has 4 rings (SSSR count). The van der Waals surface area contributed by atoms with Crippen LogP contribution in [-0.4, -0.2) is 29.9 Å². The number of ketones is 1. The average molecular weight is 349 g/mol. The monoisotopic (exact) mass is 349 g/mol. The predicted molar refractivity (Wildman–Crippen MR) is 104 cm³/mol. The Morgan fingerprint density at radius 2 is 1.77 bits per heavy atom. The van der Waals surface area contributed by atoms with Gasteiger partial charge in [-0.25, -0.2) is 0 Å². The molecule has 3 heteroatoms. The summed E-state index contributed by atoms with van der Waals surface area (Å²) in [6.07, 6.45) is 4.41. The number of carbonyl (C=O) groups is 1. The number of rotatable bonds is 5. The van der Waals surface area contributed by atoms with Crippen molar-refractivity contribution >= 4 is 5.78 Å². The molecule has 2 heterocycles. The van der Waals surface area contributed by atoms with Gasteiger partial charge in [0.15, 0.2) is 5.78 Å². The Hall–Kier alpha value is -2.13. The molecule has 3 nitrogen and oxygen atoms in total. The molecule has 0 spiro atoms. The summed E-state index contributed by atoms with van der Waals surface area (Å²) in [6, 6.07) is 17.6. The second kappa shape index (κ2) is 7.24. The third kappa shape index (κ3) is 3.41. The molecule has 2 fully saturated rings. The minimum Gasteiger partial charge on any atom is -0.497 e. The molecule has 0 saturated carbocycles. The van der Waals surface area contributed by atoms with E-state index in [2.05, 4.69) is 35.2 Å². The second-order valence-corrected chi connectivity index (χ2v) is 7.81. The van der Waals surface area contributed by atoms with E-state index in [1.807, 2.05) is 25.1 Å². The lowest BCUT2D eigenvalue weighted by Gasteiger charge is -2.38. The molecular formula is C23H27NO2. The fourth-order valence-corrected chi connectivity index (χ4v) is 4.78. The molecule has 0 amide bonds. The quantitative estimate of drug-likeness (QED) is 0.737. The minimum atomic E-state index is 0.144. The van der Waals surface area contributed by atoms with Crippen LogP contribution in [0, 0.1) is 12.8 Å². The van der Waals surface area contributed by atoms with E-state index in [4.69, 9.17) is 4.74 Å². The standard InChI is InChI=1S/C23H27NO2/c1-16-10-18(14-22(11-16)26-2)23(25)19-12-20-8-9-21(13-19)24(20)15-17-6-4-3-5-7-17/h3-7,10-11,14,19-21H,8-9,12-13,15H2,1-2H3.